The second-order valence-electron chi connectivity index (χ2n) is 5.25. The molecule has 0 aromatic carbocycles. The molecule has 0 aromatic rings. The van der Waals surface area contributed by atoms with E-state index in [-0.39, 0.29) is 0 Å². The van der Waals surface area contributed by atoms with Crippen LogP contribution in [0.4, 0.5) is 0 Å². The highest BCUT2D eigenvalue weighted by atomic mass is 32.1. The van der Waals surface area contributed by atoms with Gasteiger partial charge in [-0.05, 0) is 43.8 Å². The molecule has 0 unspecified atom stereocenters. The lowest BCUT2D eigenvalue weighted by Gasteiger charge is -2.26. The van der Waals surface area contributed by atoms with Gasteiger partial charge in [0.2, 0.25) is 0 Å². The van der Waals surface area contributed by atoms with Crippen LogP contribution in [-0.2, 0) is 4.74 Å². The fraction of sp³-hybridized carbons (Fsp3) is 0.923. The Labute approximate surface area is 110 Å². The normalized spacial score (nSPS) is 23.3. The molecule has 17 heavy (non-hydrogen) atoms. The lowest BCUT2D eigenvalue weighted by Crippen LogP contribution is -2.44. The summed E-state index contributed by atoms with van der Waals surface area (Å²) in [6, 6.07) is 0.610. The largest absolute Gasteiger partial charge is 0.381 e. The van der Waals surface area contributed by atoms with E-state index in [2.05, 4.69) is 10.6 Å². The summed E-state index contributed by atoms with van der Waals surface area (Å²) in [5.41, 5.74) is 0. The van der Waals surface area contributed by atoms with Crippen LogP contribution < -0.4 is 10.6 Å². The first-order valence-corrected chi connectivity index (χ1v) is 7.37. The van der Waals surface area contributed by atoms with Gasteiger partial charge in [0.1, 0.15) is 0 Å². The molecule has 0 atom stereocenters. The molecule has 0 spiro atoms. The van der Waals surface area contributed by atoms with Crippen molar-refractivity contribution in [3.63, 3.8) is 0 Å². The van der Waals surface area contributed by atoms with Crippen LogP contribution in [0.15, 0.2) is 0 Å². The number of hydrogen-bond donors (Lipinski definition) is 2. The zero-order chi connectivity index (χ0) is 11.9. The molecule has 1 saturated carbocycles. The summed E-state index contributed by atoms with van der Waals surface area (Å²) in [4.78, 5) is 0. The maximum atomic E-state index is 5.35. The van der Waals surface area contributed by atoms with Crippen LogP contribution in [0.1, 0.15) is 44.9 Å². The number of rotatable bonds is 3. The molecule has 0 aromatic heterocycles. The highest BCUT2D eigenvalue weighted by Crippen LogP contribution is 2.17. The van der Waals surface area contributed by atoms with E-state index in [4.69, 9.17) is 17.0 Å². The van der Waals surface area contributed by atoms with Gasteiger partial charge >= 0.3 is 0 Å². The van der Waals surface area contributed by atoms with E-state index in [0.29, 0.717) is 6.04 Å². The molecule has 0 radical (unpaired) electrons. The van der Waals surface area contributed by atoms with E-state index in [0.717, 1.165) is 30.8 Å². The van der Waals surface area contributed by atoms with Crippen LogP contribution in [0, 0.1) is 5.92 Å². The maximum absolute atomic E-state index is 5.35. The summed E-state index contributed by atoms with van der Waals surface area (Å²) in [7, 11) is 0. The van der Waals surface area contributed by atoms with Gasteiger partial charge < -0.3 is 15.4 Å². The van der Waals surface area contributed by atoms with Crippen LogP contribution in [0.25, 0.3) is 0 Å². The summed E-state index contributed by atoms with van der Waals surface area (Å²) in [5, 5.41) is 7.66. The molecule has 4 heteroatoms. The van der Waals surface area contributed by atoms with Crippen molar-refractivity contribution in [2.24, 2.45) is 5.92 Å². The monoisotopic (exact) mass is 256 g/mol. The number of hydrogen-bond acceptors (Lipinski definition) is 2. The zero-order valence-electron chi connectivity index (χ0n) is 10.5. The molecule has 2 aliphatic rings. The van der Waals surface area contributed by atoms with E-state index in [1.54, 1.807) is 0 Å². The van der Waals surface area contributed by atoms with Crippen molar-refractivity contribution in [3.8, 4) is 0 Å². The predicted octanol–water partition coefficient (Wildman–Crippen LogP) is 2.21. The van der Waals surface area contributed by atoms with Crippen molar-refractivity contribution in [1.29, 1.82) is 0 Å². The molecule has 1 aliphatic carbocycles. The van der Waals surface area contributed by atoms with E-state index >= 15 is 0 Å². The minimum atomic E-state index is 0.610. The minimum absolute atomic E-state index is 0.610. The van der Waals surface area contributed by atoms with Gasteiger partial charge in [0.05, 0.1) is 0 Å². The van der Waals surface area contributed by atoms with Gasteiger partial charge in [-0.3, -0.25) is 0 Å². The first kappa shape index (κ1) is 13.1. The van der Waals surface area contributed by atoms with Gasteiger partial charge in [-0.2, -0.15) is 0 Å². The lowest BCUT2D eigenvalue weighted by atomic mass is 9.96. The third kappa shape index (κ3) is 4.80. The highest BCUT2D eigenvalue weighted by molar-refractivity contribution is 7.80. The first-order valence-electron chi connectivity index (χ1n) is 6.96. The maximum Gasteiger partial charge on any atom is 0.166 e. The molecule has 0 bridgehead atoms. The number of nitrogens with one attached hydrogen (secondary N) is 2. The van der Waals surface area contributed by atoms with Gasteiger partial charge in [0, 0.05) is 25.8 Å². The van der Waals surface area contributed by atoms with Gasteiger partial charge in [-0.1, -0.05) is 19.3 Å². The molecule has 98 valence electrons. The molecule has 1 heterocycles. The average Bonchev–Trinajstić information content (AvgIpc) is 2.39. The number of thiocarbonyl (C=S) groups is 1. The van der Waals surface area contributed by atoms with Gasteiger partial charge in [-0.25, -0.2) is 0 Å². The first-order chi connectivity index (χ1) is 8.34. The van der Waals surface area contributed by atoms with Crippen molar-refractivity contribution in [2.45, 2.75) is 51.0 Å². The standard InChI is InChI=1S/C13H24N2OS/c17-13(15-12-4-2-1-3-5-12)14-10-11-6-8-16-9-7-11/h11-12H,1-10H2,(H2,14,15,17). The quantitative estimate of drug-likeness (QED) is 0.759. The fourth-order valence-corrected chi connectivity index (χ4v) is 2.92. The van der Waals surface area contributed by atoms with Gasteiger partial charge in [-0.15, -0.1) is 0 Å². The Bertz CT molecular complexity index is 236. The molecular formula is C13H24N2OS. The van der Waals surface area contributed by atoms with Crippen molar-refractivity contribution in [1.82, 2.24) is 10.6 Å². The van der Waals surface area contributed by atoms with Crippen molar-refractivity contribution in [3.05, 3.63) is 0 Å². The third-order valence-electron chi connectivity index (χ3n) is 3.83. The van der Waals surface area contributed by atoms with Gasteiger partial charge in [0.25, 0.3) is 0 Å². The molecule has 1 aliphatic heterocycles. The highest BCUT2D eigenvalue weighted by Gasteiger charge is 2.16. The van der Waals surface area contributed by atoms with Crippen LogP contribution >= 0.6 is 12.2 Å². The fourth-order valence-electron chi connectivity index (χ4n) is 2.67. The van der Waals surface area contributed by atoms with Crippen LogP contribution in [0.2, 0.25) is 0 Å². The molecule has 3 nitrogen and oxygen atoms in total. The second-order valence-corrected chi connectivity index (χ2v) is 5.65. The molecule has 2 fully saturated rings. The Kier molecular flexibility index (Phi) is 5.52. The SMILES string of the molecule is S=C(NCC1CCOCC1)NC1CCCCC1. The molecule has 1 saturated heterocycles. The van der Waals surface area contributed by atoms with E-state index in [1.165, 1.54) is 44.9 Å². The Morgan fingerprint density at radius 2 is 1.76 bits per heavy atom. The topological polar surface area (TPSA) is 33.3 Å². The third-order valence-corrected chi connectivity index (χ3v) is 4.09. The summed E-state index contributed by atoms with van der Waals surface area (Å²) in [6.07, 6.45) is 8.97. The summed E-state index contributed by atoms with van der Waals surface area (Å²) in [5.74, 6) is 0.731. The van der Waals surface area contributed by atoms with Crippen LogP contribution in [0.5, 0.6) is 0 Å². The van der Waals surface area contributed by atoms with E-state index < -0.39 is 0 Å². The molecule has 2 N–H and O–H groups in total. The Balaban J connectivity index is 1.59. The zero-order valence-corrected chi connectivity index (χ0v) is 11.4. The Hall–Kier alpha value is -0.350. The van der Waals surface area contributed by atoms with Crippen molar-refractivity contribution < 1.29 is 4.74 Å². The van der Waals surface area contributed by atoms with Crippen LogP contribution in [-0.4, -0.2) is 30.9 Å². The van der Waals surface area contributed by atoms with Crippen LogP contribution in [0.3, 0.4) is 0 Å². The van der Waals surface area contributed by atoms with Gasteiger partial charge in [0.15, 0.2) is 5.11 Å². The summed E-state index contributed by atoms with van der Waals surface area (Å²) >= 11 is 5.35. The molecular weight excluding hydrogens is 232 g/mol. The molecule has 0 amide bonds. The van der Waals surface area contributed by atoms with Crippen molar-refractivity contribution >= 4 is 17.3 Å². The lowest BCUT2D eigenvalue weighted by molar-refractivity contribution is 0.0676. The summed E-state index contributed by atoms with van der Waals surface area (Å²) < 4.78 is 5.35. The number of ether oxygens (including phenoxy) is 1. The minimum Gasteiger partial charge on any atom is -0.381 e. The Morgan fingerprint density at radius 1 is 1.06 bits per heavy atom. The van der Waals surface area contributed by atoms with E-state index in [1.807, 2.05) is 0 Å². The Morgan fingerprint density at radius 3 is 2.47 bits per heavy atom. The van der Waals surface area contributed by atoms with Crippen molar-refractivity contribution in [2.75, 3.05) is 19.8 Å². The molecule has 2 rings (SSSR count). The summed E-state index contributed by atoms with van der Waals surface area (Å²) in [6.45, 7) is 2.83. The predicted molar refractivity (Wildman–Crippen MR) is 74.2 cm³/mol. The second kappa shape index (κ2) is 7.17. The van der Waals surface area contributed by atoms with E-state index in [9.17, 15) is 0 Å². The average molecular weight is 256 g/mol. The smallest absolute Gasteiger partial charge is 0.166 e.